The molecule has 1 N–H and O–H groups in total. The summed E-state index contributed by atoms with van der Waals surface area (Å²) >= 11 is 0. The lowest BCUT2D eigenvalue weighted by atomic mass is 10.3. The molecular weight excluding hydrogens is 331 g/mol. The van der Waals surface area contributed by atoms with E-state index in [4.69, 9.17) is 4.42 Å². The molecule has 0 radical (unpaired) electrons. The highest BCUT2D eigenvalue weighted by atomic mass is 19.1. The van der Waals surface area contributed by atoms with Gasteiger partial charge >= 0.3 is 6.01 Å². The molecule has 4 aromatic rings. The van der Waals surface area contributed by atoms with E-state index in [0.29, 0.717) is 16.8 Å². The molecular formula is C15H11FN6O3. The Balaban J connectivity index is 1.57. The highest BCUT2D eigenvalue weighted by Gasteiger charge is 2.14. The zero-order valence-corrected chi connectivity index (χ0v) is 12.9. The van der Waals surface area contributed by atoms with Crippen LogP contribution >= 0.6 is 0 Å². The number of hydrogen-bond acceptors (Lipinski definition) is 6. The Labute approximate surface area is 138 Å². The monoisotopic (exact) mass is 342 g/mol. The van der Waals surface area contributed by atoms with Gasteiger partial charge in [-0.15, -0.1) is 0 Å². The number of nitrogens with zero attached hydrogens (tertiary/aromatic N) is 5. The number of aryl methyl sites for hydroxylation is 1. The highest BCUT2D eigenvalue weighted by molar-refractivity contribution is 5.90. The third kappa shape index (κ3) is 2.63. The molecule has 0 aliphatic heterocycles. The van der Waals surface area contributed by atoms with E-state index in [1.54, 1.807) is 7.05 Å². The molecule has 1 aromatic carbocycles. The number of imidazole rings is 1. The lowest BCUT2D eigenvalue weighted by Crippen LogP contribution is -2.20. The number of nitrogens with one attached hydrogen (secondary N) is 1. The molecule has 0 aliphatic carbocycles. The molecule has 0 unspecified atom stereocenters. The first-order valence-electron chi connectivity index (χ1n) is 7.24. The summed E-state index contributed by atoms with van der Waals surface area (Å²) in [7, 11) is 1.57. The predicted octanol–water partition coefficient (Wildman–Crippen LogP) is 1.05. The normalized spacial score (nSPS) is 11.3. The van der Waals surface area contributed by atoms with Crippen molar-refractivity contribution < 1.29 is 13.6 Å². The van der Waals surface area contributed by atoms with Gasteiger partial charge in [0, 0.05) is 13.1 Å². The molecule has 0 spiro atoms. The quantitative estimate of drug-likeness (QED) is 0.596. The minimum atomic E-state index is -0.455. The fourth-order valence-electron chi connectivity index (χ4n) is 2.42. The molecule has 126 valence electrons. The third-order valence-electron chi connectivity index (χ3n) is 3.65. The van der Waals surface area contributed by atoms with E-state index in [2.05, 4.69) is 20.3 Å². The summed E-state index contributed by atoms with van der Waals surface area (Å²) in [6, 6.07) is 3.86. The topological polar surface area (TPSA) is 108 Å². The second-order valence-corrected chi connectivity index (χ2v) is 5.35. The number of amides is 1. The number of rotatable bonds is 3. The van der Waals surface area contributed by atoms with Crippen LogP contribution in [-0.4, -0.2) is 30.0 Å². The van der Waals surface area contributed by atoms with Gasteiger partial charge in [0.15, 0.2) is 16.9 Å². The average molecular weight is 342 g/mol. The minimum Gasteiger partial charge on any atom is -0.423 e. The van der Waals surface area contributed by atoms with Crippen molar-refractivity contribution in [1.82, 2.24) is 24.1 Å². The number of carbonyl (C=O) groups excluding carboxylic acids is 1. The Morgan fingerprint density at radius 2 is 2.16 bits per heavy atom. The lowest BCUT2D eigenvalue weighted by Gasteiger charge is -2.03. The molecule has 9 nitrogen and oxygen atoms in total. The van der Waals surface area contributed by atoms with Crippen LogP contribution in [0.15, 0.2) is 39.9 Å². The highest BCUT2D eigenvalue weighted by Crippen LogP contribution is 2.19. The molecule has 0 fully saturated rings. The number of benzene rings is 1. The van der Waals surface area contributed by atoms with Gasteiger partial charge in [0.25, 0.3) is 5.56 Å². The number of hydrogen-bond donors (Lipinski definition) is 1. The number of aromatic nitrogens is 5. The maximum atomic E-state index is 13.2. The van der Waals surface area contributed by atoms with Crippen LogP contribution < -0.4 is 10.9 Å². The van der Waals surface area contributed by atoms with Gasteiger partial charge < -0.3 is 8.98 Å². The van der Waals surface area contributed by atoms with Gasteiger partial charge in [0.2, 0.25) is 5.91 Å². The maximum absolute atomic E-state index is 13.2. The zero-order valence-electron chi connectivity index (χ0n) is 12.9. The summed E-state index contributed by atoms with van der Waals surface area (Å²) in [6.07, 6.45) is 2.58. The maximum Gasteiger partial charge on any atom is 0.302 e. The Morgan fingerprint density at radius 1 is 1.32 bits per heavy atom. The van der Waals surface area contributed by atoms with Gasteiger partial charge in [-0.25, -0.2) is 14.4 Å². The average Bonchev–Trinajstić information content (AvgIpc) is 3.14. The van der Waals surface area contributed by atoms with Gasteiger partial charge in [0.05, 0.1) is 12.5 Å². The third-order valence-corrected chi connectivity index (χ3v) is 3.65. The molecule has 0 atom stereocenters. The summed E-state index contributed by atoms with van der Waals surface area (Å²) in [5, 5.41) is 2.50. The fourth-order valence-corrected chi connectivity index (χ4v) is 2.42. The first kappa shape index (κ1) is 15.0. The van der Waals surface area contributed by atoms with Crippen molar-refractivity contribution in [3.05, 3.63) is 46.9 Å². The van der Waals surface area contributed by atoms with Crippen LogP contribution in [0.2, 0.25) is 0 Å². The fraction of sp³-hybridized carbons (Fsp3) is 0.133. The molecule has 3 aromatic heterocycles. The predicted molar refractivity (Wildman–Crippen MR) is 85.4 cm³/mol. The smallest absolute Gasteiger partial charge is 0.302 e. The van der Waals surface area contributed by atoms with Gasteiger partial charge in [-0.2, -0.15) is 4.98 Å². The molecule has 0 bridgehead atoms. The number of halogens is 1. The first-order valence-corrected chi connectivity index (χ1v) is 7.24. The number of fused-ring (bicyclic) bond motifs is 2. The van der Waals surface area contributed by atoms with E-state index in [1.165, 1.54) is 33.7 Å². The minimum absolute atomic E-state index is 0.0321. The van der Waals surface area contributed by atoms with E-state index in [-0.39, 0.29) is 23.7 Å². The van der Waals surface area contributed by atoms with Crippen molar-refractivity contribution in [3.63, 3.8) is 0 Å². The SMILES string of the molecule is Cn1c(=O)cnc2c1ncn2CC(=O)Nc1nc2ccc(F)cc2o1. The standard InChI is InChI=1S/C15H11FN6O3/c1-21-12(24)5-17-14-13(21)18-7-22(14)6-11(23)20-15-19-9-3-2-8(16)4-10(9)25-15/h2-5,7H,6H2,1H3,(H,19,20,23). The largest absolute Gasteiger partial charge is 0.423 e. The summed E-state index contributed by atoms with van der Waals surface area (Å²) < 4.78 is 21.3. The van der Waals surface area contributed by atoms with Crippen molar-refractivity contribution in [3.8, 4) is 0 Å². The van der Waals surface area contributed by atoms with Crippen LogP contribution in [-0.2, 0) is 18.4 Å². The van der Waals surface area contributed by atoms with Crippen LogP contribution in [0.4, 0.5) is 10.4 Å². The molecule has 4 rings (SSSR count). The molecule has 0 saturated heterocycles. The molecule has 0 aliphatic rings. The Hall–Kier alpha value is -3.56. The number of oxazole rings is 1. The Kier molecular flexibility index (Phi) is 3.31. The molecule has 1 amide bonds. The first-order chi connectivity index (χ1) is 12.0. The number of carbonyl (C=O) groups is 1. The zero-order chi connectivity index (χ0) is 17.6. The van der Waals surface area contributed by atoms with Crippen molar-refractivity contribution >= 4 is 34.3 Å². The van der Waals surface area contributed by atoms with Crippen molar-refractivity contribution in [2.75, 3.05) is 5.32 Å². The van der Waals surface area contributed by atoms with Crippen LogP contribution in [0.1, 0.15) is 0 Å². The van der Waals surface area contributed by atoms with Crippen LogP contribution in [0.5, 0.6) is 0 Å². The van der Waals surface area contributed by atoms with Gasteiger partial charge in [0.1, 0.15) is 17.9 Å². The van der Waals surface area contributed by atoms with Crippen LogP contribution in [0.25, 0.3) is 22.4 Å². The van der Waals surface area contributed by atoms with E-state index >= 15 is 0 Å². The van der Waals surface area contributed by atoms with E-state index in [0.717, 1.165) is 6.20 Å². The van der Waals surface area contributed by atoms with Gasteiger partial charge in [-0.05, 0) is 12.1 Å². The second-order valence-electron chi connectivity index (χ2n) is 5.35. The van der Waals surface area contributed by atoms with E-state index < -0.39 is 11.7 Å². The van der Waals surface area contributed by atoms with Crippen molar-refractivity contribution in [2.45, 2.75) is 6.54 Å². The summed E-state index contributed by atoms with van der Waals surface area (Å²) in [5.41, 5.74) is 1.15. The summed E-state index contributed by atoms with van der Waals surface area (Å²) in [6.45, 7) is -0.102. The molecule has 3 heterocycles. The van der Waals surface area contributed by atoms with Gasteiger partial charge in [-0.3, -0.25) is 19.5 Å². The van der Waals surface area contributed by atoms with Crippen molar-refractivity contribution in [2.24, 2.45) is 7.05 Å². The summed E-state index contributed by atoms with van der Waals surface area (Å²) in [5.74, 6) is -0.884. The van der Waals surface area contributed by atoms with Crippen LogP contribution in [0, 0.1) is 5.82 Å². The lowest BCUT2D eigenvalue weighted by molar-refractivity contribution is -0.116. The summed E-state index contributed by atoms with van der Waals surface area (Å²) in [4.78, 5) is 35.9. The molecule has 10 heteroatoms. The Bertz CT molecular complexity index is 1180. The number of anilines is 1. The Morgan fingerprint density at radius 3 is 3.00 bits per heavy atom. The van der Waals surface area contributed by atoms with Crippen LogP contribution in [0.3, 0.4) is 0 Å². The van der Waals surface area contributed by atoms with Gasteiger partial charge in [-0.1, -0.05) is 0 Å². The van der Waals surface area contributed by atoms with E-state index in [9.17, 15) is 14.0 Å². The molecule has 25 heavy (non-hydrogen) atoms. The van der Waals surface area contributed by atoms with E-state index in [1.807, 2.05) is 0 Å². The molecule has 0 saturated carbocycles. The van der Waals surface area contributed by atoms with Crippen molar-refractivity contribution in [1.29, 1.82) is 0 Å². The second kappa shape index (κ2) is 5.51.